The molecule has 0 spiro atoms. The molecular weight excluding hydrogens is 206 g/mol. The van der Waals surface area contributed by atoms with Crippen molar-refractivity contribution in [2.24, 2.45) is 11.5 Å². The van der Waals surface area contributed by atoms with Gasteiger partial charge < -0.3 is 26.3 Å². The van der Waals surface area contributed by atoms with Crippen LogP contribution in [0, 0.1) is 0 Å². The first-order chi connectivity index (χ1) is 7.83. The normalized spacial score (nSPS) is 20.5. The summed E-state index contributed by atoms with van der Waals surface area (Å²) < 4.78 is 10.8. The van der Waals surface area contributed by atoms with E-state index in [4.69, 9.17) is 20.9 Å². The summed E-state index contributed by atoms with van der Waals surface area (Å²) in [5, 5.41) is 3.14. The van der Waals surface area contributed by atoms with Gasteiger partial charge in [0.25, 0.3) is 0 Å². The van der Waals surface area contributed by atoms with Crippen molar-refractivity contribution in [2.75, 3.05) is 32.8 Å². The van der Waals surface area contributed by atoms with E-state index < -0.39 is 0 Å². The maximum Gasteiger partial charge on any atom is 0.130 e. The van der Waals surface area contributed by atoms with Crippen LogP contribution in [0.15, 0.2) is 12.0 Å². The highest BCUT2D eigenvalue weighted by Gasteiger charge is 2.06. The SMILES string of the molecule is NCCNC[C@@H](N)CO/C=C1\CCCCO1. The molecule has 0 amide bonds. The van der Waals surface area contributed by atoms with Crippen molar-refractivity contribution in [1.29, 1.82) is 0 Å². The molecule has 0 aliphatic carbocycles. The molecular formula is C11H23N3O2. The molecule has 1 atom stereocenters. The van der Waals surface area contributed by atoms with Crippen LogP contribution < -0.4 is 16.8 Å². The summed E-state index contributed by atoms with van der Waals surface area (Å²) in [5.41, 5.74) is 11.2. The highest BCUT2D eigenvalue weighted by atomic mass is 16.5. The van der Waals surface area contributed by atoms with Gasteiger partial charge in [-0.3, -0.25) is 0 Å². The number of ether oxygens (including phenoxy) is 2. The predicted molar refractivity (Wildman–Crippen MR) is 63.7 cm³/mol. The van der Waals surface area contributed by atoms with E-state index in [1.807, 2.05) is 0 Å². The third-order valence-electron chi connectivity index (χ3n) is 2.36. The summed E-state index contributed by atoms with van der Waals surface area (Å²) in [4.78, 5) is 0. The van der Waals surface area contributed by atoms with Gasteiger partial charge in [-0.2, -0.15) is 0 Å². The number of rotatable bonds is 7. The Kier molecular flexibility index (Phi) is 6.96. The number of hydrogen-bond acceptors (Lipinski definition) is 5. The molecule has 0 saturated carbocycles. The molecule has 5 nitrogen and oxygen atoms in total. The van der Waals surface area contributed by atoms with Crippen LogP contribution in [-0.2, 0) is 9.47 Å². The molecule has 0 radical (unpaired) electrons. The lowest BCUT2D eigenvalue weighted by atomic mass is 10.2. The summed E-state index contributed by atoms with van der Waals surface area (Å²) in [6.07, 6.45) is 4.99. The third-order valence-corrected chi connectivity index (χ3v) is 2.36. The van der Waals surface area contributed by atoms with Crippen LogP contribution in [0.1, 0.15) is 19.3 Å². The second-order valence-corrected chi connectivity index (χ2v) is 3.98. The maximum absolute atomic E-state index is 5.83. The van der Waals surface area contributed by atoms with Crippen molar-refractivity contribution < 1.29 is 9.47 Å². The number of allylic oxidation sites excluding steroid dienone is 1. The van der Waals surface area contributed by atoms with E-state index in [0.717, 1.165) is 38.3 Å². The van der Waals surface area contributed by atoms with E-state index in [9.17, 15) is 0 Å². The quantitative estimate of drug-likeness (QED) is 0.420. The fraction of sp³-hybridized carbons (Fsp3) is 0.818. The second kappa shape index (κ2) is 8.38. The largest absolute Gasteiger partial charge is 0.496 e. The Bertz CT molecular complexity index is 201. The van der Waals surface area contributed by atoms with Crippen LogP contribution in [0.3, 0.4) is 0 Å². The molecule has 5 N–H and O–H groups in total. The monoisotopic (exact) mass is 229 g/mol. The molecule has 1 saturated heterocycles. The average Bonchev–Trinajstić information content (AvgIpc) is 2.31. The molecule has 5 heteroatoms. The lowest BCUT2D eigenvalue weighted by Crippen LogP contribution is -2.38. The van der Waals surface area contributed by atoms with Gasteiger partial charge >= 0.3 is 0 Å². The van der Waals surface area contributed by atoms with E-state index >= 15 is 0 Å². The highest BCUT2D eigenvalue weighted by Crippen LogP contribution is 2.15. The van der Waals surface area contributed by atoms with E-state index in [1.165, 1.54) is 6.42 Å². The Morgan fingerprint density at radius 1 is 1.50 bits per heavy atom. The number of nitrogens with two attached hydrogens (primary N) is 2. The van der Waals surface area contributed by atoms with E-state index in [2.05, 4.69) is 5.32 Å². The molecule has 1 rings (SSSR count). The molecule has 0 aromatic carbocycles. The predicted octanol–water partition coefficient (Wildman–Crippen LogP) is -0.0795. The highest BCUT2D eigenvalue weighted by molar-refractivity contribution is 4.90. The summed E-state index contributed by atoms with van der Waals surface area (Å²) >= 11 is 0. The van der Waals surface area contributed by atoms with E-state index in [1.54, 1.807) is 6.26 Å². The summed E-state index contributed by atoms with van der Waals surface area (Å²) in [7, 11) is 0. The fourth-order valence-corrected chi connectivity index (χ4v) is 1.48. The molecule has 0 aromatic heterocycles. The molecule has 0 aromatic rings. The Morgan fingerprint density at radius 2 is 2.38 bits per heavy atom. The second-order valence-electron chi connectivity index (χ2n) is 3.98. The fourth-order valence-electron chi connectivity index (χ4n) is 1.48. The van der Waals surface area contributed by atoms with Gasteiger partial charge in [0.05, 0.1) is 12.6 Å². The van der Waals surface area contributed by atoms with Crippen molar-refractivity contribution in [1.82, 2.24) is 5.32 Å². The van der Waals surface area contributed by atoms with Gasteiger partial charge in [-0.1, -0.05) is 0 Å². The number of hydrogen-bond donors (Lipinski definition) is 3. The van der Waals surface area contributed by atoms with Gasteiger partial charge in [0.1, 0.15) is 18.6 Å². The molecule has 1 heterocycles. The van der Waals surface area contributed by atoms with Gasteiger partial charge in [0, 0.05) is 26.1 Å². The lowest BCUT2D eigenvalue weighted by Gasteiger charge is -2.16. The van der Waals surface area contributed by atoms with Crippen molar-refractivity contribution in [2.45, 2.75) is 25.3 Å². The van der Waals surface area contributed by atoms with Crippen molar-refractivity contribution in [3.05, 3.63) is 12.0 Å². The summed E-state index contributed by atoms with van der Waals surface area (Å²) in [5.74, 6) is 0.938. The Balaban J connectivity index is 2.04. The molecule has 1 aliphatic rings. The molecule has 1 aliphatic heterocycles. The Hall–Kier alpha value is -0.780. The first kappa shape index (κ1) is 13.3. The summed E-state index contributed by atoms with van der Waals surface area (Å²) in [6, 6.07) is -0.00742. The topological polar surface area (TPSA) is 82.5 Å². The van der Waals surface area contributed by atoms with Gasteiger partial charge in [-0.15, -0.1) is 0 Å². The Morgan fingerprint density at radius 3 is 3.06 bits per heavy atom. The zero-order valence-corrected chi connectivity index (χ0v) is 9.78. The lowest BCUT2D eigenvalue weighted by molar-refractivity contribution is 0.138. The van der Waals surface area contributed by atoms with Gasteiger partial charge in [0.15, 0.2) is 0 Å². The smallest absolute Gasteiger partial charge is 0.130 e. The molecule has 16 heavy (non-hydrogen) atoms. The third kappa shape index (κ3) is 5.95. The average molecular weight is 229 g/mol. The minimum Gasteiger partial charge on any atom is -0.496 e. The molecule has 0 bridgehead atoms. The standard InChI is InChI=1S/C11H23N3O2/c12-4-5-14-7-10(13)8-15-9-11-3-1-2-6-16-11/h9-10,14H,1-8,12-13H2/b11-9+/t10-/m1/s1. The van der Waals surface area contributed by atoms with Gasteiger partial charge in [-0.05, 0) is 12.8 Å². The molecule has 0 unspecified atom stereocenters. The van der Waals surface area contributed by atoms with E-state index in [0.29, 0.717) is 13.2 Å². The van der Waals surface area contributed by atoms with Crippen molar-refractivity contribution in [3.8, 4) is 0 Å². The maximum atomic E-state index is 5.83. The Labute approximate surface area is 97.1 Å². The van der Waals surface area contributed by atoms with Gasteiger partial charge in [0.2, 0.25) is 0 Å². The molecule has 1 fully saturated rings. The van der Waals surface area contributed by atoms with Gasteiger partial charge in [-0.25, -0.2) is 0 Å². The zero-order valence-electron chi connectivity index (χ0n) is 9.78. The van der Waals surface area contributed by atoms with Crippen LogP contribution >= 0.6 is 0 Å². The van der Waals surface area contributed by atoms with Crippen molar-refractivity contribution in [3.63, 3.8) is 0 Å². The van der Waals surface area contributed by atoms with Crippen LogP contribution in [0.4, 0.5) is 0 Å². The van der Waals surface area contributed by atoms with Crippen LogP contribution in [0.5, 0.6) is 0 Å². The molecule has 94 valence electrons. The zero-order chi connectivity index (χ0) is 11.6. The van der Waals surface area contributed by atoms with Crippen LogP contribution in [-0.4, -0.2) is 38.9 Å². The first-order valence-electron chi connectivity index (χ1n) is 5.92. The minimum absolute atomic E-state index is 0.00742. The number of nitrogens with one attached hydrogen (secondary N) is 1. The van der Waals surface area contributed by atoms with Crippen LogP contribution in [0.25, 0.3) is 0 Å². The first-order valence-corrected chi connectivity index (χ1v) is 5.92. The summed E-state index contributed by atoms with van der Waals surface area (Å²) in [6.45, 7) is 3.45. The van der Waals surface area contributed by atoms with E-state index in [-0.39, 0.29) is 6.04 Å². The van der Waals surface area contributed by atoms with Crippen LogP contribution in [0.2, 0.25) is 0 Å². The van der Waals surface area contributed by atoms with Crippen molar-refractivity contribution >= 4 is 0 Å². The minimum atomic E-state index is -0.00742.